The van der Waals surface area contributed by atoms with Crippen LogP contribution in [0.3, 0.4) is 0 Å². The molecule has 0 saturated carbocycles. The van der Waals surface area contributed by atoms with Crippen molar-refractivity contribution in [3.63, 3.8) is 0 Å². The van der Waals surface area contributed by atoms with Crippen molar-refractivity contribution in [2.75, 3.05) is 58.7 Å². The maximum atomic E-state index is 2.89. The summed E-state index contributed by atoms with van der Waals surface area (Å²) >= 11 is -0.727. The van der Waals surface area contributed by atoms with Crippen LogP contribution >= 0.6 is 0 Å². The van der Waals surface area contributed by atoms with Crippen LogP contribution in [0.15, 0.2) is 0 Å². The van der Waals surface area contributed by atoms with E-state index in [0.717, 1.165) is 12.1 Å². The second-order valence-electron chi connectivity index (χ2n) is 8.07. The van der Waals surface area contributed by atoms with Gasteiger partial charge in [0, 0.05) is 0 Å². The van der Waals surface area contributed by atoms with Gasteiger partial charge in [-0.15, -0.1) is 0 Å². The van der Waals surface area contributed by atoms with Crippen LogP contribution in [0.2, 0.25) is 0 Å². The summed E-state index contributed by atoms with van der Waals surface area (Å²) in [5.41, 5.74) is 0. The van der Waals surface area contributed by atoms with Gasteiger partial charge >= 0.3 is 164 Å². The van der Waals surface area contributed by atoms with E-state index < -0.39 is 23.2 Å². The van der Waals surface area contributed by atoms with E-state index in [0.29, 0.717) is 0 Å². The van der Waals surface area contributed by atoms with Crippen LogP contribution < -0.4 is 0 Å². The molecular formula is C19H43InN4. The standard InChI is InChI=1S/C19H42N4.In.H/c1-8-10-18(21(3)4)12-14-20-15-17-23(7)16-13-19(11-9-2)22(5)6;;/h18-19H,7-17H2,1-6H3;;/q-1;+1;. The Labute approximate surface area is 163 Å². The SMILES string of the molecule is CCCC(CCN1CC[N](CCC(CCC)N(C)C)[InH][CH2]1)N(C)C. The molecule has 0 aliphatic carbocycles. The third-order valence-electron chi connectivity index (χ3n) is 5.73. The number of hydrogen-bond donors (Lipinski definition) is 0. The third kappa shape index (κ3) is 8.88. The molecule has 0 spiro atoms. The summed E-state index contributed by atoms with van der Waals surface area (Å²) < 4.78 is 4.36. The number of hydrogen-bond acceptors (Lipinski definition) is 4. The molecule has 2 unspecified atom stereocenters. The maximum absolute atomic E-state index is 2.89. The van der Waals surface area contributed by atoms with Gasteiger partial charge in [-0.2, -0.15) is 0 Å². The molecule has 24 heavy (non-hydrogen) atoms. The first-order chi connectivity index (χ1) is 11.5. The monoisotopic (exact) mass is 442 g/mol. The molecule has 5 heteroatoms. The molecule has 1 rings (SSSR count). The molecular weight excluding hydrogens is 399 g/mol. The average molecular weight is 442 g/mol. The fourth-order valence-corrected chi connectivity index (χ4v) is 8.98. The molecule has 0 aromatic carbocycles. The van der Waals surface area contributed by atoms with Crippen molar-refractivity contribution in [3.8, 4) is 0 Å². The van der Waals surface area contributed by atoms with Gasteiger partial charge in [0.15, 0.2) is 0 Å². The fourth-order valence-electron chi connectivity index (χ4n) is 3.89. The van der Waals surface area contributed by atoms with Crippen molar-refractivity contribution in [2.24, 2.45) is 0 Å². The zero-order valence-corrected chi connectivity index (χ0v) is 21.5. The molecule has 0 bridgehead atoms. The van der Waals surface area contributed by atoms with E-state index in [1.165, 1.54) is 69.0 Å². The van der Waals surface area contributed by atoms with Gasteiger partial charge in [-0.3, -0.25) is 0 Å². The topological polar surface area (TPSA) is 13.0 Å². The summed E-state index contributed by atoms with van der Waals surface area (Å²) in [6, 6.07) is 1.56. The predicted molar refractivity (Wildman–Crippen MR) is 109 cm³/mol. The van der Waals surface area contributed by atoms with Gasteiger partial charge in [0.25, 0.3) is 0 Å². The van der Waals surface area contributed by atoms with Crippen molar-refractivity contribution in [3.05, 3.63) is 0 Å². The zero-order valence-electron chi connectivity index (χ0n) is 17.4. The molecule has 0 aromatic heterocycles. The summed E-state index contributed by atoms with van der Waals surface area (Å²) in [6.45, 7) is 9.97. The van der Waals surface area contributed by atoms with Crippen LogP contribution in [0.4, 0.5) is 0 Å². The Hall–Kier alpha value is 0.710. The first-order valence-electron chi connectivity index (χ1n) is 10.2. The van der Waals surface area contributed by atoms with Gasteiger partial charge in [-0.05, 0) is 0 Å². The van der Waals surface area contributed by atoms with Crippen molar-refractivity contribution in [1.82, 2.24) is 17.6 Å². The Kier molecular flexibility index (Phi) is 12.3. The zero-order chi connectivity index (χ0) is 17.9. The van der Waals surface area contributed by atoms with E-state index in [1.807, 2.05) is 0 Å². The van der Waals surface area contributed by atoms with Crippen LogP contribution in [0.5, 0.6) is 0 Å². The summed E-state index contributed by atoms with van der Waals surface area (Å²) in [7, 11) is 8.99. The molecule has 0 radical (unpaired) electrons. The Morgan fingerprint density at radius 3 is 1.75 bits per heavy atom. The normalized spacial score (nSPS) is 19.7. The van der Waals surface area contributed by atoms with Crippen LogP contribution in [0.1, 0.15) is 52.4 Å². The Morgan fingerprint density at radius 1 is 0.792 bits per heavy atom. The van der Waals surface area contributed by atoms with Crippen molar-refractivity contribution in [2.45, 2.75) is 64.5 Å². The molecule has 2 atom stereocenters. The Morgan fingerprint density at radius 2 is 1.33 bits per heavy atom. The van der Waals surface area contributed by atoms with E-state index in [9.17, 15) is 0 Å². The van der Waals surface area contributed by atoms with Crippen LogP contribution in [-0.4, -0.2) is 112 Å². The van der Waals surface area contributed by atoms with Crippen molar-refractivity contribution in [1.29, 1.82) is 0 Å². The van der Waals surface area contributed by atoms with E-state index in [-0.39, 0.29) is 0 Å². The summed E-state index contributed by atoms with van der Waals surface area (Å²) in [6.07, 6.45) is 8.04. The summed E-state index contributed by atoms with van der Waals surface area (Å²) in [5, 5.41) is 0. The molecule has 1 saturated heterocycles. The van der Waals surface area contributed by atoms with Gasteiger partial charge in [0.1, 0.15) is 0 Å². The van der Waals surface area contributed by atoms with Crippen molar-refractivity contribution >= 4 is 23.2 Å². The molecule has 0 N–H and O–H groups in total. The first-order valence-corrected chi connectivity index (χ1v) is 14.9. The minimum atomic E-state index is -0.727. The van der Waals surface area contributed by atoms with Gasteiger partial charge in [-0.1, -0.05) is 0 Å². The molecule has 0 aromatic rings. The van der Waals surface area contributed by atoms with Gasteiger partial charge in [0.05, 0.1) is 0 Å². The Balaban J connectivity index is 2.23. The average Bonchev–Trinajstić information content (AvgIpc) is 2.55. The van der Waals surface area contributed by atoms with Gasteiger partial charge in [0.2, 0.25) is 0 Å². The quantitative estimate of drug-likeness (QED) is 0.459. The second-order valence-corrected chi connectivity index (χ2v) is 13.2. The second kappa shape index (κ2) is 13.0. The van der Waals surface area contributed by atoms with Crippen LogP contribution in [0.25, 0.3) is 0 Å². The summed E-state index contributed by atoms with van der Waals surface area (Å²) in [4.78, 5) is 7.64. The fraction of sp³-hybridized carbons (Fsp3) is 1.00. The van der Waals surface area contributed by atoms with Crippen molar-refractivity contribution < 1.29 is 0 Å². The summed E-state index contributed by atoms with van der Waals surface area (Å²) in [5.74, 6) is 0. The molecule has 0 amide bonds. The Bertz CT molecular complexity index is 274. The molecule has 142 valence electrons. The third-order valence-corrected chi connectivity index (χ3v) is 11.7. The minimum absolute atomic E-state index is 0.727. The van der Waals surface area contributed by atoms with Gasteiger partial charge in [-0.25, -0.2) is 0 Å². The van der Waals surface area contributed by atoms with E-state index in [4.69, 9.17) is 0 Å². The van der Waals surface area contributed by atoms with Crippen LogP contribution in [0, 0.1) is 0 Å². The van der Waals surface area contributed by atoms with E-state index >= 15 is 0 Å². The van der Waals surface area contributed by atoms with E-state index in [2.05, 4.69) is 59.6 Å². The molecule has 1 fully saturated rings. The van der Waals surface area contributed by atoms with Crippen LogP contribution in [-0.2, 0) is 0 Å². The first kappa shape index (κ1) is 22.8. The molecule has 1 aliphatic rings. The molecule has 4 nitrogen and oxygen atoms in total. The number of nitrogens with zero attached hydrogens (tertiary/aromatic N) is 4. The molecule has 1 aliphatic heterocycles. The molecule has 1 heterocycles. The van der Waals surface area contributed by atoms with Gasteiger partial charge < -0.3 is 0 Å². The van der Waals surface area contributed by atoms with E-state index in [1.54, 1.807) is 0 Å². The predicted octanol–water partition coefficient (Wildman–Crippen LogP) is 2.15. The number of rotatable bonds is 12.